The molecule has 1 aromatic carbocycles. The van der Waals surface area contributed by atoms with Crippen LogP contribution in [0.25, 0.3) is 0 Å². The fourth-order valence-electron chi connectivity index (χ4n) is 1.04. The summed E-state index contributed by atoms with van der Waals surface area (Å²) in [6.45, 7) is 1.57. The van der Waals surface area contributed by atoms with Gasteiger partial charge in [-0.2, -0.15) is 5.10 Å². The van der Waals surface area contributed by atoms with Crippen LogP contribution in [0.1, 0.15) is 12.5 Å². The third kappa shape index (κ3) is 3.01. The van der Waals surface area contributed by atoms with Gasteiger partial charge in [0.2, 0.25) is 0 Å². The van der Waals surface area contributed by atoms with Gasteiger partial charge in [-0.1, -0.05) is 23.2 Å². The van der Waals surface area contributed by atoms with E-state index in [-0.39, 0.29) is 10.8 Å². The van der Waals surface area contributed by atoms with E-state index in [1.54, 1.807) is 6.92 Å². The lowest BCUT2D eigenvalue weighted by Gasteiger charge is -2.06. The van der Waals surface area contributed by atoms with Crippen molar-refractivity contribution in [3.63, 3.8) is 0 Å². The standard InChI is InChI=1S/C9H9Cl2N3O2/c1-4(13-14-9(12)16)6-2-5(10)3-7(11)8(6)15/h2-3,15H,1H3,(H3,12,14,16)/b13-4-. The molecule has 0 atom stereocenters. The summed E-state index contributed by atoms with van der Waals surface area (Å²) >= 11 is 11.5. The Hall–Kier alpha value is -1.46. The maximum atomic E-state index is 10.4. The molecule has 0 aliphatic heterocycles. The van der Waals surface area contributed by atoms with Gasteiger partial charge in [0, 0.05) is 10.6 Å². The van der Waals surface area contributed by atoms with Gasteiger partial charge in [-0.3, -0.25) is 0 Å². The molecule has 0 bridgehead atoms. The van der Waals surface area contributed by atoms with Crippen molar-refractivity contribution in [1.29, 1.82) is 0 Å². The van der Waals surface area contributed by atoms with Crippen LogP contribution in [0.4, 0.5) is 4.79 Å². The highest BCUT2D eigenvalue weighted by Crippen LogP contribution is 2.31. The lowest BCUT2D eigenvalue weighted by molar-refractivity contribution is 0.249. The topological polar surface area (TPSA) is 87.7 Å². The second-order valence-corrected chi connectivity index (χ2v) is 3.80. The summed E-state index contributed by atoms with van der Waals surface area (Å²) in [5, 5.41) is 13.8. The van der Waals surface area contributed by atoms with E-state index in [0.717, 1.165) is 0 Å². The van der Waals surface area contributed by atoms with Gasteiger partial charge in [-0.25, -0.2) is 10.2 Å². The maximum Gasteiger partial charge on any atom is 0.332 e. The second kappa shape index (κ2) is 5.05. The lowest BCUT2D eigenvalue weighted by Crippen LogP contribution is -2.25. The quantitative estimate of drug-likeness (QED) is 0.562. The number of phenolic OH excluding ortho intramolecular Hbond substituents is 1. The number of nitrogens with zero attached hydrogens (tertiary/aromatic N) is 1. The van der Waals surface area contributed by atoms with E-state index in [1.165, 1.54) is 12.1 Å². The molecule has 0 aromatic heterocycles. The zero-order chi connectivity index (χ0) is 12.3. The number of carbonyl (C=O) groups excluding carboxylic acids is 1. The molecule has 0 fully saturated rings. The number of phenols is 1. The summed E-state index contributed by atoms with van der Waals surface area (Å²) < 4.78 is 0. The predicted molar refractivity (Wildman–Crippen MR) is 63.1 cm³/mol. The highest BCUT2D eigenvalue weighted by molar-refractivity contribution is 6.36. The van der Waals surface area contributed by atoms with Crippen molar-refractivity contribution >= 4 is 34.9 Å². The second-order valence-electron chi connectivity index (χ2n) is 2.96. The molecule has 86 valence electrons. The van der Waals surface area contributed by atoms with Crippen LogP contribution in [-0.2, 0) is 0 Å². The van der Waals surface area contributed by atoms with E-state index in [9.17, 15) is 9.90 Å². The average molecular weight is 262 g/mol. The fourth-order valence-corrected chi connectivity index (χ4v) is 1.53. The molecule has 0 aliphatic carbocycles. The number of rotatable bonds is 2. The van der Waals surface area contributed by atoms with Crippen LogP contribution in [0.5, 0.6) is 5.75 Å². The molecule has 0 aliphatic rings. The smallest absolute Gasteiger partial charge is 0.332 e. The largest absolute Gasteiger partial charge is 0.506 e. The number of hydrogen-bond donors (Lipinski definition) is 3. The number of nitrogens with two attached hydrogens (primary N) is 1. The number of primary amides is 1. The van der Waals surface area contributed by atoms with Crippen LogP contribution in [0, 0.1) is 0 Å². The average Bonchev–Trinajstić information content (AvgIpc) is 2.19. The molecule has 0 unspecified atom stereocenters. The molecule has 0 heterocycles. The number of hydrazone groups is 1. The molecule has 0 saturated carbocycles. The third-order valence-electron chi connectivity index (χ3n) is 1.75. The van der Waals surface area contributed by atoms with Crippen molar-refractivity contribution in [1.82, 2.24) is 5.43 Å². The Morgan fingerprint density at radius 2 is 2.12 bits per heavy atom. The van der Waals surface area contributed by atoms with E-state index >= 15 is 0 Å². The minimum absolute atomic E-state index is 0.108. The van der Waals surface area contributed by atoms with Gasteiger partial charge in [0.15, 0.2) is 0 Å². The van der Waals surface area contributed by atoms with E-state index in [1.807, 2.05) is 5.43 Å². The zero-order valence-electron chi connectivity index (χ0n) is 8.29. The highest BCUT2D eigenvalue weighted by atomic mass is 35.5. The normalized spacial score (nSPS) is 11.3. The van der Waals surface area contributed by atoms with E-state index in [0.29, 0.717) is 16.3 Å². The van der Waals surface area contributed by atoms with Crippen LogP contribution < -0.4 is 11.2 Å². The van der Waals surface area contributed by atoms with Crippen molar-refractivity contribution in [2.24, 2.45) is 10.8 Å². The molecule has 7 heteroatoms. The van der Waals surface area contributed by atoms with Gasteiger partial charge >= 0.3 is 6.03 Å². The van der Waals surface area contributed by atoms with Crippen LogP contribution >= 0.6 is 23.2 Å². The number of hydrogen-bond acceptors (Lipinski definition) is 3. The van der Waals surface area contributed by atoms with Crippen LogP contribution in [0.15, 0.2) is 17.2 Å². The molecule has 16 heavy (non-hydrogen) atoms. The minimum Gasteiger partial charge on any atom is -0.506 e. The lowest BCUT2D eigenvalue weighted by atomic mass is 10.1. The zero-order valence-corrected chi connectivity index (χ0v) is 9.80. The number of aromatic hydroxyl groups is 1. The Bertz CT molecular complexity index is 460. The summed E-state index contributed by atoms with van der Waals surface area (Å²) in [6, 6.07) is 2.08. The summed E-state index contributed by atoms with van der Waals surface area (Å²) in [7, 11) is 0. The van der Waals surface area contributed by atoms with E-state index in [4.69, 9.17) is 28.9 Å². The molecule has 5 nitrogen and oxygen atoms in total. The van der Waals surface area contributed by atoms with E-state index in [2.05, 4.69) is 5.10 Å². The first-order valence-corrected chi connectivity index (χ1v) is 4.95. The molecule has 4 N–H and O–H groups in total. The maximum absolute atomic E-state index is 10.4. The van der Waals surface area contributed by atoms with Crippen molar-refractivity contribution < 1.29 is 9.90 Å². The van der Waals surface area contributed by atoms with E-state index < -0.39 is 6.03 Å². The molecular weight excluding hydrogens is 253 g/mol. The molecular formula is C9H9Cl2N3O2. The monoisotopic (exact) mass is 261 g/mol. The highest BCUT2D eigenvalue weighted by Gasteiger charge is 2.10. The number of urea groups is 1. The number of benzene rings is 1. The summed E-state index contributed by atoms with van der Waals surface area (Å²) in [5.74, 6) is -0.154. The van der Waals surface area contributed by atoms with Gasteiger partial charge in [0.1, 0.15) is 5.75 Å². The molecule has 2 amide bonds. The molecule has 1 rings (SSSR count). The van der Waals surface area contributed by atoms with Crippen LogP contribution in [0.2, 0.25) is 10.0 Å². The summed E-state index contributed by atoms with van der Waals surface area (Å²) in [4.78, 5) is 10.4. The Morgan fingerprint density at radius 1 is 1.50 bits per heavy atom. The number of nitrogens with one attached hydrogen (secondary N) is 1. The van der Waals surface area contributed by atoms with Crippen molar-refractivity contribution in [3.05, 3.63) is 27.7 Å². The molecule has 0 radical (unpaired) electrons. The molecule has 0 spiro atoms. The first kappa shape index (κ1) is 12.6. The number of halogens is 2. The first-order valence-electron chi connectivity index (χ1n) is 4.20. The van der Waals surface area contributed by atoms with Gasteiger partial charge in [-0.15, -0.1) is 0 Å². The van der Waals surface area contributed by atoms with Crippen molar-refractivity contribution in [3.8, 4) is 5.75 Å². The Balaban J connectivity index is 3.12. The summed E-state index contributed by atoms with van der Waals surface area (Å²) in [5.41, 5.74) is 7.54. The minimum atomic E-state index is -0.799. The number of carbonyl (C=O) groups is 1. The fraction of sp³-hybridized carbons (Fsp3) is 0.111. The van der Waals surface area contributed by atoms with Crippen LogP contribution in [0.3, 0.4) is 0 Å². The number of amides is 2. The predicted octanol–water partition coefficient (Wildman–Crippen LogP) is 2.09. The van der Waals surface area contributed by atoms with Gasteiger partial charge in [0.25, 0.3) is 0 Å². The molecule has 1 aromatic rings. The third-order valence-corrected chi connectivity index (χ3v) is 2.26. The van der Waals surface area contributed by atoms with Crippen molar-refractivity contribution in [2.75, 3.05) is 0 Å². The summed E-state index contributed by atoms with van der Waals surface area (Å²) in [6.07, 6.45) is 0. The Kier molecular flexibility index (Phi) is 3.98. The van der Waals surface area contributed by atoms with Gasteiger partial charge < -0.3 is 10.8 Å². The van der Waals surface area contributed by atoms with Crippen LogP contribution in [-0.4, -0.2) is 16.8 Å². The Labute approximate surface area is 102 Å². The Morgan fingerprint density at radius 3 is 2.69 bits per heavy atom. The van der Waals surface area contributed by atoms with Crippen molar-refractivity contribution in [2.45, 2.75) is 6.92 Å². The molecule has 0 saturated heterocycles. The SMILES string of the molecule is C/C(=N/NC(N)=O)c1cc(Cl)cc(Cl)c1O. The van der Waals surface area contributed by atoms with Gasteiger partial charge in [0.05, 0.1) is 10.7 Å². The first-order chi connectivity index (χ1) is 7.41. The van der Waals surface area contributed by atoms with Gasteiger partial charge in [-0.05, 0) is 19.1 Å².